The summed E-state index contributed by atoms with van der Waals surface area (Å²) >= 11 is 0. The Kier molecular flexibility index (Phi) is 25.8. The Morgan fingerprint density at radius 2 is 1.26 bits per heavy atom. The number of esters is 1. The molecule has 1 aliphatic heterocycles. The minimum Gasteiger partial charge on any atom is -0.454 e. The second-order valence-corrected chi connectivity index (χ2v) is 18.7. The lowest BCUT2D eigenvalue weighted by molar-refractivity contribution is -0.157. The fourth-order valence-corrected chi connectivity index (χ4v) is 7.31. The minimum atomic E-state index is -2.49. The number of ether oxygens (including phenoxy) is 1. The number of amides is 9. The molecule has 1 aliphatic rings. The zero-order valence-electron chi connectivity index (χ0n) is 42.5. The summed E-state index contributed by atoms with van der Waals surface area (Å²) in [5.74, 6) is -14.1. The number of benzene rings is 1. The largest absolute Gasteiger partial charge is 0.454 e. The molecular weight excluding hydrogens is 975 g/mol. The van der Waals surface area contributed by atoms with E-state index in [1.807, 2.05) is 10.6 Å². The zero-order chi connectivity index (χ0) is 56.1. The van der Waals surface area contributed by atoms with Crippen molar-refractivity contribution in [1.82, 2.24) is 47.9 Å². The number of nitrogens with two attached hydrogens (primary N) is 3. The first-order chi connectivity index (χ1) is 34.6. The van der Waals surface area contributed by atoms with Crippen molar-refractivity contribution < 1.29 is 73.1 Å². The van der Waals surface area contributed by atoms with Gasteiger partial charge in [-0.05, 0) is 49.5 Å². The van der Waals surface area contributed by atoms with Gasteiger partial charge in [0.05, 0.1) is 25.4 Å². The van der Waals surface area contributed by atoms with Gasteiger partial charge in [-0.25, -0.2) is 4.79 Å². The Hall–Kier alpha value is -7.01. The first kappa shape index (κ1) is 63.1. The fraction of sp³-hybridized carbons (Fsp3) is 0.630. The summed E-state index contributed by atoms with van der Waals surface area (Å²) in [6.07, 6.45) is -7.39. The van der Waals surface area contributed by atoms with E-state index < -0.39 is 157 Å². The molecule has 13 atom stereocenters. The van der Waals surface area contributed by atoms with Crippen molar-refractivity contribution in [3.63, 3.8) is 0 Å². The van der Waals surface area contributed by atoms with Gasteiger partial charge in [0, 0.05) is 6.54 Å². The molecule has 74 heavy (non-hydrogen) atoms. The van der Waals surface area contributed by atoms with E-state index >= 15 is 0 Å². The third kappa shape index (κ3) is 19.4. The number of aliphatic hydroxyl groups is 4. The fourth-order valence-electron chi connectivity index (χ4n) is 7.31. The van der Waals surface area contributed by atoms with Crippen LogP contribution in [-0.2, 0) is 52.7 Å². The van der Waals surface area contributed by atoms with Gasteiger partial charge in [0.15, 0.2) is 24.2 Å². The molecule has 1 heterocycles. The highest BCUT2D eigenvalue weighted by Crippen LogP contribution is 2.22. The SMILES string of the molecule is CC[C@H](C)[C@@H]1NC(=O)[C@@H](CCCNC(=N)N)NC(=O)[C@H](CC(C)C)NC(=O)[C@H]([C@H](O)C(C)C)NC(=O)[C@@H](N)[C@@H](c2ccccc2)OC(=O)[C@H](CO)NC(=O)[C@H]([C@H](O)C(N)=O)NC(=O)CNC(=O)[C@H]([C@H](C)O)NC1=O. The number of rotatable bonds is 15. The molecule has 0 saturated carbocycles. The van der Waals surface area contributed by atoms with Gasteiger partial charge in [0.2, 0.25) is 53.2 Å². The number of nitrogens with one attached hydrogen (secondary N) is 10. The zero-order valence-corrected chi connectivity index (χ0v) is 42.5. The van der Waals surface area contributed by atoms with Crippen molar-refractivity contribution >= 4 is 65.1 Å². The quantitative estimate of drug-likeness (QED) is 0.0336. The van der Waals surface area contributed by atoms with Crippen LogP contribution in [0.1, 0.15) is 85.8 Å². The lowest BCUT2D eigenvalue weighted by atomic mass is 9.96. The molecule has 1 saturated heterocycles. The van der Waals surface area contributed by atoms with Crippen LogP contribution in [-0.4, -0.2) is 172 Å². The first-order valence-corrected chi connectivity index (χ1v) is 24.1. The molecule has 414 valence electrons. The van der Waals surface area contributed by atoms with E-state index in [0.29, 0.717) is 0 Å². The topological polar surface area (TPSA) is 471 Å². The molecule has 0 bridgehead atoms. The third-order valence-electron chi connectivity index (χ3n) is 11.8. The summed E-state index contributed by atoms with van der Waals surface area (Å²) < 4.78 is 5.59. The molecule has 1 fully saturated rings. The standard InChI is InChI=1S/C46H75N13O15/c1-8-22(6)30-42(70)58-31(23(7)61)41(69)52-18-28(62)56-33(35(64)37(48)65)44(72)55-27(19-60)45(73)74-36(24-13-10-9-11-14-24)29(47)40(68)59-32(34(63)21(4)5)43(71)54-26(17-20(2)3)39(67)53-25(38(66)57-30)15-12-16-51-46(49)50/h9-11,13-14,20-23,25-27,29-36,60-61,63-64H,8,12,15-19,47H2,1-7H3,(H2,48,65)(H,52,69)(H,53,67)(H,54,71)(H,55,72)(H,56,62)(H,57,66)(H,58,70)(H,59,68)(H4,49,50,51)/t22-,23-,25+,26-,27-,29-,30-,31-,32-,33-,34+,35-,36+/m0/s1. The highest BCUT2D eigenvalue weighted by atomic mass is 16.5. The Labute approximate surface area is 428 Å². The van der Waals surface area contributed by atoms with E-state index in [1.54, 1.807) is 33.8 Å². The maximum absolute atomic E-state index is 14.3. The number of hydrogen-bond acceptors (Lipinski definition) is 17. The van der Waals surface area contributed by atoms with Gasteiger partial charge in [-0.1, -0.05) is 78.3 Å². The number of carbonyl (C=O) groups is 10. The van der Waals surface area contributed by atoms with E-state index in [9.17, 15) is 68.4 Å². The summed E-state index contributed by atoms with van der Waals surface area (Å²) in [7, 11) is 0. The van der Waals surface area contributed by atoms with Crippen molar-refractivity contribution in [2.75, 3.05) is 19.7 Å². The van der Waals surface area contributed by atoms with Crippen LogP contribution >= 0.6 is 0 Å². The number of aliphatic hydroxyl groups excluding tert-OH is 4. The average Bonchev–Trinajstić information content (AvgIpc) is 3.34. The van der Waals surface area contributed by atoms with Crippen LogP contribution in [0.2, 0.25) is 0 Å². The molecule has 0 aliphatic carbocycles. The van der Waals surface area contributed by atoms with Crippen molar-refractivity contribution in [2.45, 2.75) is 147 Å². The van der Waals surface area contributed by atoms with Gasteiger partial charge >= 0.3 is 5.97 Å². The molecule has 28 heteroatoms. The molecule has 0 radical (unpaired) electrons. The van der Waals surface area contributed by atoms with Crippen LogP contribution in [0.5, 0.6) is 0 Å². The minimum absolute atomic E-state index is 0.0577. The summed E-state index contributed by atoms with van der Waals surface area (Å²) in [6.45, 7) is 8.69. The number of guanidine groups is 1. The molecule has 0 unspecified atom stereocenters. The van der Waals surface area contributed by atoms with Gasteiger partial charge in [0.1, 0.15) is 42.3 Å². The normalized spacial score (nSPS) is 26.6. The van der Waals surface area contributed by atoms with Crippen LogP contribution in [0.4, 0.5) is 0 Å². The second kappa shape index (κ2) is 30.2. The van der Waals surface area contributed by atoms with Gasteiger partial charge in [0.25, 0.3) is 0 Å². The van der Waals surface area contributed by atoms with Crippen molar-refractivity contribution in [1.29, 1.82) is 5.41 Å². The van der Waals surface area contributed by atoms with Crippen LogP contribution in [0.3, 0.4) is 0 Å². The predicted molar refractivity (Wildman–Crippen MR) is 263 cm³/mol. The smallest absolute Gasteiger partial charge is 0.331 e. The number of primary amides is 1. The summed E-state index contributed by atoms with van der Waals surface area (Å²) in [4.78, 5) is 137. The van der Waals surface area contributed by atoms with Gasteiger partial charge in [-0.15, -0.1) is 0 Å². The van der Waals surface area contributed by atoms with Crippen LogP contribution in [0.15, 0.2) is 30.3 Å². The summed E-state index contributed by atoms with van der Waals surface area (Å²) in [6, 6.07) is -6.93. The van der Waals surface area contributed by atoms with Crippen LogP contribution in [0.25, 0.3) is 0 Å². The summed E-state index contributed by atoms with van der Waals surface area (Å²) in [5, 5.41) is 71.6. The Balaban J connectivity index is 2.85. The Morgan fingerprint density at radius 3 is 1.80 bits per heavy atom. The summed E-state index contributed by atoms with van der Waals surface area (Å²) in [5.41, 5.74) is 17.2. The average molecular weight is 1050 g/mol. The van der Waals surface area contributed by atoms with E-state index in [4.69, 9.17) is 27.3 Å². The molecule has 9 amide bonds. The Bertz CT molecular complexity index is 2130. The molecule has 20 N–H and O–H groups in total. The van der Waals surface area contributed by atoms with E-state index in [2.05, 4.69) is 37.2 Å². The molecular formula is C46H75N13O15. The van der Waals surface area contributed by atoms with Crippen molar-refractivity contribution in [2.24, 2.45) is 35.0 Å². The highest BCUT2D eigenvalue weighted by molar-refractivity contribution is 5.99. The lowest BCUT2D eigenvalue weighted by Crippen LogP contribution is -2.63. The second-order valence-electron chi connectivity index (χ2n) is 18.7. The molecule has 0 aromatic heterocycles. The van der Waals surface area contributed by atoms with Crippen LogP contribution < -0.4 is 65.1 Å². The maximum atomic E-state index is 14.3. The first-order valence-electron chi connectivity index (χ1n) is 24.1. The highest BCUT2D eigenvalue weighted by Gasteiger charge is 2.41. The monoisotopic (exact) mass is 1050 g/mol. The van der Waals surface area contributed by atoms with Gasteiger partial charge < -0.3 is 90.2 Å². The van der Waals surface area contributed by atoms with Gasteiger partial charge in [-0.2, -0.15) is 0 Å². The number of carbonyl (C=O) groups excluding carboxylic acids is 10. The molecule has 1 aromatic rings. The van der Waals surface area contributed by atoms with Crippen molar-refractivity contribution in [3.8, 4) is 0 Å². The predicted octanol–water partition coefficient (Wildman–Crippen LogP) is -6.29. The molecule has 0 spiro atoms. The number of hydrogen-bond donors (Lipinski definition) is 17. The van der Waals surface area contributed by atoms with E-state index in [-0.39, 0.29) is 49.7 Å². The van der Waals surface area contributed by atoms with E-state index in [0.717, 1.165) is 6.92 Å². The van der Waals surface area contributed by atoms with Crippen LogP contribution in [0, 0.1) is 23.2 Å². The maximum Gasteiger partial charge on any atom is 0.331 e. The van der Waals surface area contributed by atoms with Gasteiger partial charge in [-0.3, -0.25) is 48.6 Å². The Morgan fingerprint density at radius 1 is 0.716 bits per heavy atom. The molecule has 28 nitrogen and oxygen atoms in total. The van der Waals surface area contributed by atoms with E-state index in [1.165, 1.54) is 38.1 Å². The number of cyclic esters (lactones) is 1. The van der Waals surface area contributed by atoms with Crippen molar-refractivity contribution in [3.05, 3.63) is 35.9 Å². The molecule has 2 rings (SSSR count). The molecule has 1 aromatic carbocycles. The third-order valence-corrected chi connectivity index (χ3v) is 11.8. The lowest BCUT2D eigenvalue weighted by Gasteiger charge is -2.32.